The van der Waals surface area contributed by atoms with Gasteiger partial charge in [0.2, 0.25) is 0 Å². The lowest BCUT2D eigenvalue weighted by Gasteiger charge is -2.30. The molecule has 0 aromatic carbocycles. The fourth-order valence-electron chi connectivity index (χ4n) is 4.97. The molecular weight excluding hydrogens is 276 g/mol. The van der Waals surface area contributed by atoms with E-state index in [4.69, 9.17) is 4.74 Å². The molecule has 0 radical (unpaired) electrons. The van der Waals surface area contributed by atoms with Gasteiger partial charge >= 0.3 is 0 Å². The van der Waals surface area contributed by atoms with Crippen LogP contribution >= 0.6 is 0 Å². The number of likely N-dealkylation sites (tertiary alicyclic amines) is 2. The molecule has 0 aliphatic carbocycles. The zero-order valence-electron chi connectivity index (χ0n) is 14.0. The molecule has 1 N–H and O–H groups in total. The Balaban J connectivity index is 1.30. The summed E-state index contributed by atoms with van der Waals surface area (Å²) in [5.74, 6) is 3.42. The molecule has 2 bridgehead atoms. The lowest BCUT2D eigenvalue weighted by atomic mass is 9.82. The molecule has 5 heteroatoms. The van der Waals surface area contributed by atoms with Crippen molar-refractivity contribution in [2.45, 2.75) is 37.9 Å². The maximum Gasteiger partial charge on any atom is 0.193 e. The third kappa shape index (κ3) is 2.62. The van der Waals surface area contributed by atoms with E-state index in [0.29, 0.717) is 12.2 Å². The van der Waals surface area contributed by atoms with Crippen molar-refractivity contribution >= 4 is 5.96 Å². The van der Waals surface area contributed by atoms with Crippen LogP contribution in [0, 0.1) is 17.8 Å². The average molecular weight is 306 g/mol. The molecular formula is C17H30N4O. The molecule has 4 aliphatic rings. The Hall–Kier alpha value is -0.810. The third-order valence-corrected chi connectivity index (χ3v) is 6.35. The first-order chi connectivity index (χ1) is 10.7. The van der Waals surface area contributed by atoms with Gasteiger partial charge in [-0.25, -0.2) is 0 Å². The Morgan fingerprint density at radius 1 is 1.09 bits per heavy atom. The molecule has 0 amide bonds. The molecule has 4 rings (SSSR count). The van der Waals surface area contributed by atoms with E-state index in [-0.39, 0.29) is 0 Å². The number of nitrogens with zero attached hydrogens (tertiary/aromatic N) is 3. The molecule has 0 aromatic rings. The highest BCUT2D eigenvalue weighted by molar-refractivity contribution is 5.80. The monoisotopic (exact) mass is 306 g/mol. The number of guanidine groups is 1. The number of fused-ring (bicyclic) bond motifs is 5. The highest BCUT2D eigenvalue weighted by Gasteiger charge is 2.53. The van der Waals surface area contributed by atoms with Crippen LogP contribution in [0.5, 0.6) is 0 Å². The van der Waals surface area contributed by atoms with Crippen LogP contribution < -0.4 is 5.32 Å². The van der Waals surface area contributed by atoms with E-state index in [1.807, 2.05) is 7.05 Å². The van der Waals surface area contributed by atoms with Crippen LogP contribution in [0.1, 0.15) is 25.7 Å². The number of aliphatic imine (C=N–C) groups is 1. The molecule has 0 aromatic heterocycles. The molecule has 124 valence electrons. The minimum atomic E-state index is 0.534. The number of nitrogens with one attached hydrogen (secondary N) is 1. The first-order valence-corrected chi connectivity index (χ1v) is 9.04. The van der Waals surface area contributed by atoms with Crippen LogP contribution in [0.2, 0.25) is 0 Å². The smallest absolute Gasteiger partial charge is 0.193 e. The summed E-state index contributed by atoms with van der Waals surface area (Å²) < 4.78 is 6.07. The summed E-state index contributed by atoms with van der Waals surface area (Å²) in [6.45, 7) is 5.83. The van der Waals surface area contributed by atoms with Gasteiger partial charge in [0, 0.05) is 38.5 Å². The number of ether oxygens (including phenoxy) is 1. The van der Waals surface area contributed by atoms with Gasteiger partial charge in [-0.15, -0.1) is 0 Å². The van der Waals surface area contributed by atoms with Crippen molar-refractivity contribution in [3.8, 4) is 0 Å². The second kappa shape index (κ2) is 6.00. The summed E-state index contributed by atoms with van der Waals surface area (Å²) in [5, 5.41) is 3.65. The van der Waals surface area contributed by atoms with Gasteiger partial charge < -0.3 is 19.9 Å². The SMILES string of the molecule is CN=C(NCC1CCN(C)CC1)N1CC2C3CCC(O3)C2C1. The standard InChI is InChI=1S/C17H30N4O/c1-18-17(19-9-12-5-7-20(2)8-6-12)21-10-13-14(11-21)16-4-3-15(13)22-16/h12-16H,3-11H2,1-2H3,(H,18,19). The Kier molecular flexibility index (Phi) is 4.03. The topological polar surface area (TPSA) is 40.1 Å². The largest absolute Gasteiger partial charge is 0.374 e. The predicted molar refractivity (Wildman–Crippen MR) is 88.0 cm³/mol. The Morgan fingerprint density at radius 3 is 2.32 bits per heavy atom. The number of rotatable bonds is 2. The van der Waals surface area contributed by atoms with E-state index in [2.05, 4.69) is 27.2 Å². The number of hydrogen-bond donors (Lipinski definition) is 1. The molecule has 4 heterocycles. The van der Waals surface area contributed by atoms with Gasteiger partial charge in [0.1, 0.15) is 0 Å². The van der Waals surface area contributed by atoms with Gasteiger partial charge in [0.15, 0.2) is 5.96 Å². The van der Waals surface area contributed by atoms with Gasteiger partial charge in [-0.1, -0.05) is 0 Å². The van der Waals surface area contributed by atoms with Crippen LogP contribution in [-0.2, 0) is 4.74 Å². The van der Waals surface area contributed by atoms with Crippen LogP contribution in [-0.4, -0.2) is 74.8 Å². The van der Waals surface area contributed by atoms with Crippen molar-refractivity contribution in [2.24, 2.45) is 22.7 Å². The minimum absolute atomic E-state index is 0.534. The summed E-state index contributed by atoms with van der Waals surface area (Å²) in [6, 6.07) is 0. The average Bonchev–Trinajstić information content (AvgIpc) is 3.22. The van der Waals surface area contributed by atoms with Crippen molar-refractivity contribution in [3.63, 3.8) is 0 Å². The molecule has 4 atom stereocenters. The van der Waals surface area contributed by atoms with Crippen molar-refractivity contribution in [2.75, 3.05) is 46.8 Å². The lowest BCUT2D eigenvalue weighted by Crippen LogP contribution is -2.44. The number of hydrogen-bond acceptors (Lipinski definition) is 3. The first kappa shape index (κ1) is 14.8. The number of piperidine rings is 1. The van der Waals surface area contributed by atoms with E-state index in [1.165, 1.54) is 38.8 Å². The Labute approximate surface area is 134 Å². The molecule has 5 nitrogen and oxygen atoms in total. The highest BCUT2D eigenvalue weighted by atomic mass is 16.5. The van der Waals surface area contributed by atoms with Crippen LogP contribution in [0.25, 0.3) is 0 Å². The Morgan fingerprint density at radius 2 is 1.73 bits per heavy atom. The van der Waals surface area contributed by atoms with Gasteiger partial charge in [-0.05, 0) is 51.7 Å². The van der Waals surface area contributed by atoms with Crippen LogP contribution in [0.3, 0.4) is 0 Å². The summed E-state index contributed by atoms with van der Waals surface area (Å²) in [5.41, 5.74) is 0. The van der Waals surface area contributed by atoms with Gasteiger partial charge in [0.05, 0.1) is 12.2 Å². The van der Waals surface area contributed by atoms with E-state index in [0.717, 1.165) is 43.3 Å². The summed E-state index contributed by atoms with van der Waals surface area (Å²) in [6.07, 6.45) is 6.25. The molecule has 0 saturated carbocycles. The maximum absolute atomic E-state index is 6.07. The molecule has 4 fully saturated rings. The van der Waals surface area contributed by atoms with E-state index in [9.17, 15) is 0 Å². The fourth-order valence-corrected chi connectivity index (χ4v) is 4.97. The van der Waals surface area contributed by atoms with Crippen LogP contribution in [0.4, 0.5) is 0 Å². The molecule has 4 saturated heterocycles. The third-order valence-electron chi connectivity index (χ3n) is 6.35. The molecule has 4 aliphatic heterocycles. The zero-order chi connectivity index (χ0) is 15.1. The van der Waals surface area contributed by atoms with Crippen LogP contribution in [0.15, 0.2) is 4.99 Å². The maximum atomic E-state index is 6.07. The van der Waals surface area contributed by atoms with E-state index in [1.54, 1.807) is 0 Å². The Bertz CT molecular complexity index is 414. The second-order valence-electron chi connectivity index (χ2n) is 7.70. The normalized spacial score (nSPS) is 39.5. The van der Waals surface area contributed by atoms with Gasteiger partial charge in [0.25, 0.3) is 0 Å². The quantitative estimate of drug-likeness (QED) is 0.611. The highest BCUT2D eigenvalue weighted by Crippen LogP contribution is 2.47. The van der Waals surface area contributed by atoms with Crippen molar-refractivity contribution in [1.29, 1.82) is 0 Å². The van der Waals surface area contributed by atoms with E-state index >= 15 is 0 Å². The first-order valence-electron chi connectivity index (χ1n) is 9.04. The molecule has 22 heavy (non-hydrogen) atoms. The van der Waals surface area contributed by atoms with Gasteiger partial charge in [-0.3, -0.25) is 4.99 Å². The summed E-state index contributed by atoms with van der Waals surface area (Å²) in [7, 11) is 4.15. The fraction of sp³-hybridized carbons (Fsp3) is 0.941. The summed E-state index contributed by atoms with van der Waals surface area (Å²) in [4.78, 5) is 9.46. The van der Waals surface area contributed by atoms with Crippen molar-refractivity contribution < 1.29 is 4.74 Å². The zero-order valence-corrected chi connectivity index (χ0v) is 14.0. The predicted octanol–water partition coefficient (Wildman–Crippen LogP) is 1.01. The second-order valence-corrected chi connectivity index (χ2v) is 7.70. The van der Waals surface area contributed by atoms with Crippen molar-refractivity contribution in [1.82, 2.24) is 15.1 Å². The minimum Gasteiger partial charge on any atom is -0.374 e. The van der Waals surface area contributed by atoms with Gasteiger partial charge in [-0.2, -0.15) is 0 Å². The van der Waals surface area contributed by atoms with Crippen molar-refractivity contribution in [3.05, 3.63) is 0 Å². The summed E-state index contributed by atoms with van der Waals surface area (Å²) >= 11 is 0. The lowest BCUT2D eigenvalue weighted by molar-refractivity contribution is 0.0766. The molecule has 0 spiro atoms. The molecule has 4 unspecified atom stereocenters. The van der Waals surface area contributed by atoms with E-state index < -0.39 is 0 Å².